The number of thioether (sulfide) groups is 1. The lowest BCUT2D eigenvalue weighted by Gasteiger charge is -2.38. The second kappa shape index (κ2) is 13.3. The summed E-state index contributed by atoms with van der Waals surface area (Å²) in [6, 6.07) is 19.8. The molecule has 0 saturated carbocycles. The predicted octanol–water partition coefficient (Wildman–Crippen LogP) is 9.92. The Kier molecular flexibility index (Phi) is 9.53. The van der Waals surface area contributed by atoms with E-state index < -0.39 is 6.04 Å². The topological polar surface area (TPSA) is 78.3 Å². The second-order valence-corrected chi connectivity index (χ2v) is 16.1. The van der Waals surface area contributed by atoms with Gasteiger partial charge in [0.1, 0.15) is 12.6 Å². The molecule has 2 heterocycles. The third-order valence-corrected chi connectivity index (χ3v) is 10.3. The molecule has 3 aromatic carbocycles. The van der Waals surface area contributed by atoms with Crippen LogP contribution in [0.3, 0.4) is 0 Å². The zero-order valence-corrected chi connectivity index (χ0v) is 30.8. The van der Waals surface area contributed by atoms with E-state index >= 15 is 0 Å². The van der Waals surface area contributed by atoms with Gasteiger partial charge in [-0.1, -0.05) is 100 Å². The predicted molar refractivity (Wildman–Crippen MR) is 193 cm³/mol. The van der Waals surface area contributed by atoms with Crippen molar-refractivity contribution in [1.29, 1.82) is 0 Å². The molecular weight excluding hydrogens is 696 g/mol. The molecule has 1 aliphatic carbocycles. The fraction of sp³-hybridized carbons (Fsp3) is 0.378. The van der Waals surface area contributed by atoms with Crippen LogP contribution in [0.5, 0.6) is 11.5 Å². The van der Waals surface area contributed by atoms with Crippen LogP contribution in [0.4, 0.5) is 5.95 Å². The molecule has 1 N–H and O–H groups in total. The molecule has 47 heavy (non-hydrogen) atoms. The van der Waals surface area contributed by atoms with E-state index in [2.05, 4.69) is 80.1 Å². The van der Waals surface area contributed by atoms with E-state index in [1.54, 1.807) is 0 Å². The third kappa shape index (κ3) is 7.27. The standard InChI is InChI=1S/C37H40BrClN4O3S/c1-7-45-30-17-24(16-26(38)33(30)46-20-22-12-14-25(15-13-22)36(2,3)4)32-31-28(18-37(5,6)19-29(31)44)40-34-41-35(42-43(32)34)47-21-23-10-8-9-11-27(23)39/h8-17,32H,7,18-21H2,1-6H3,(H,40,41,42). The van der Waals surface area contributed by atoms with Gasteiger partial charge in [-0.15, -0.1) is 5.10 Å². The number of nitrogens with one attached hydrogen (secondary N) is 1. The number of carbonyl (C=O) groups is 1. The third-order valence-electron chi connectivity index (χ3n) is 8.48. The number of hydrogen-bond acceptors (Lipinski definition) is 7. The van der Waals surface area contributed by atoms with Crippen molar-refractivity contribution in [3.05, 3.63) is 104 Å². The van der Waals surface area contributed by atoms with Crippen molar-refractivity contribution >= 4 is 51.0 Å². The van der Waals surface area contributed by atoms with Gasteiger partial charge < -0.3 is 14.8 Å². The number of nitrogens with zero attached hydrogens (tertiary/aromatic N) is 3. The maximum absolute atomic E-state index is 13.9. The van der Waals surface area contributed by atoms with Gasteiger partial charge in [-0.3, -0.25) is 4.79 Å². The summed E-state index contributed by atoms with van der Waals surface area (Å²) < 4.78 is 15.1. The van der Waals surface area contributed by atoms with Crippen molar-refractivity contribution in [2.75, 3.05) is 11.9 Å². The number of fused-ring (bicyclic) bond motifs is 1. The first-order chi connectivity index (χ1) is 22.3. The number of anilines is 1. The molecule has 0 radical (unpaired) electrons. The lowest BCUT2D eigenvalue weighted by molar-refractivity contribution is -0.118. The number of hydrogen-bond donors (Lipinski definition) is 1. The van der Waals surface area contributed by atoms with Crippen LogP contribution in [0.1, 0.15) is 82.7 Å². The molecule has 0 spiro atoms. The van der Waals surface area contributed by atoms with Crippen molar-refractivity contribution in [1.82, 2.24) is 14.8 Å². The zero-order valence-electron chi connectivity index (χ0n) is 27.6. The molecule has 1 aromatic heterocycles. The molecule has 10 heteroatoms. The van der Waals surface area contributed by atoms with E-state index in [9.17, 15) is 4.79 Å². The van der Waals surface area contributed by atoms with E-state index in [1.165, 1.54) is 17.3 Å². The molecule has 2 aliphatic rings. The normalized spacial score (nSPS) is 17.2. The van der Waals surface area contributed by atoms with Crippen molar-refractivity contribution < 1.29 is 14.3 Å². The molecule has 6 rings (SSSR count). The van der Waals surface area contributed by atoms with E-state index in [4.69, 9.17) is 31.2 Å². The highest BCUT2D eigenvalue weighted by molar-refractivity contribution is 9.10. The van der Waals surface area contributed by atoms with Crippen LogP contribution in [-0.2, 0) is 22.6 Å². The number of ether oxygens (including phenoxy) is 2. The maximum Gasteiger partial charge on any atom is 0.227 e. The van der Waals surface area contributed by atoms with Gasteiger partial charge >= 0.3 is 0 Å². The van der Waals surface area contributed by atoms with E-state index in [-0.39, 0.29) is 16.6 Å². The van der Waals surface area contributed by atoms with E-state index in [0.29, 0.717) is 58.6 Å². The average Bonchev–Trinajstić information content (AvgIpc) is 3.41. The number of benzene rings is 3. The smallest absolute Gasteiger partial charge is 0.227 e. The summed E-state index contributed by atoms with van der Waals surface area (Å²) in [7, 11) is 0. The van der Waals surface area contributed by atoms with Crippen LogP contribution >= 0.6 is 39.3 Å². The minimum absolute atomic E-state index is 0.0822. The number of carbonyl (C=O) groups excluding carboxylic acids is 1. The summed E-state index contributed by atoms with van der Waals surface area (Å²) in [5, 5.41) is 9.72. The fourth-order valence-corrected chi connectivity index (χ4v) is 7.81. The largest absolute Gasteiger partial charge is 0.490 e. The average molecular weight is 736 g/mol. The Morgan fingerprint density at radius 1 is 1.09 bits per heavy atom. The summed E-state index contributed by atoms with van der Waals surface area (Å²) in [5.41, 5.74) is 5.73. The van der Waals surface area contributed by atoms with Crippen molar-refractivity contribution in [2.24, 2.45) is 5.41 Å². The van der Waals surface area contributed by atoms with E-state index in [0.717, 1.165) is 33.3 Å². The lowest BCUT2D eigenvalue weighted by atomic mass is 9.73. The van der Waals surface area contributed by atoms with Gasteiger partial charge in [0.2, 0.25) is 11.1 Å². The Hall–Kier alpha value is -3.27. The number of ketones is 1. The van der Waals surface area contributed by atoms with Crippen LogP contribution in [0.15, 0.2) is 81.6 Å². The second-order valence-electron chi connectivity index (χ2n) is 13.9. The van der Waals surface area contributed by atoms with Crippen LogP contribution in [0, 0.1) is 5.41 Å². The number of Topliss-reactive ketones (excluding diaryl/α,β-unsaturated/α-hetero) is 1. The molecule has 7 nitrogen and oxygen atoms in total. The molecule has 0 bridgehead atoms. The summed E-state index contributed by atoms with van der Waals surface area (Å²) in [5.74, 6) is 2.55. The first-order valence-electron chi connectivity index (χ1n) is 15.9. The van der Waals surface area contributed by atoms with Gasteiger partial charge in [0.05, 0.1) is 11.1 Å². The van der Waals surface area contributed by atoms with Crippen LogP contribution in [-0.4, -0.2) is 27.2 Å². The quantitative estimate of drug-likeness (QED) is 0.172. The first-order valence-corrected chi connectivity index (χ1v) is 18.0. The minimum atomic E-state index is -0.485. The monoisotopic (exact) mass is 734 g/mol. The molecule has 1 atom stereocenters. The summed E-state index contributed by atoms with van der Waals surface area (Å²) in [6.45, 7) is 13.7. The summed E-state index contributed by atoms with van der Waals surface area (Å²) >= 11 is 11.7. The Bertz CT molecular complexity index is 1850. The van der Waals surface area contributed by atoms with Gasteiger partial charge in [0, 0.05) is 28.5 Å². The highest BCUT2D eigenvalue weighted by Gasteiger charge is 2.42. The van der Waals surface area contributed by atoms with Crippen molar-refractivity contribution in [2.45, 2.75) is 83.4 Å². The lowest BCUT2D eigenvalue weighted by Crippen LogP contribution is -2.36. The number of aromatic nitrogens is 3. The molecule has 0 amide bonds. The molecule has 1 unspecified atom stereocenters. The van der Waals surface area contributed by atoms with Gasteiger partial charge in [-0.05, 0) is 80.6 Å². The fourth-order valence-electron chi connectivity index (χ4n) is 6.12. The Labute approximate surface area is 294 Å². The van der Waals surface area contributed by atoms with E-state index in [1.807, 2.05) is 48.0 Å². The zero-order chi connectivity index (χ0) is 33.5. The van der Waals surface area contributed by atoms with Crippen molar-refractivity contribution in [3.8, 4) is 11.5 Å². The minimum Gasteiger partial charge on any atom is -0.490 e. The highest BCUT2D eigenvalue weighted by atomic mass is 79.9. The van der Waals surface area contributed by atoms with Crippen molar-refractivity contribution in [3.63, 3.8) is 0 Å². The van der Waals surface area contributed by atoms with Gasteiger partial charge in [-0.2, -0.15) is 4.98 Å². The maximum atomic E-state index is 13.9. The Balaban J connectivity index is 1.35. The molecule has 0 saturated heterocycles. The van der Waals surface area contributed by atoms with Gasteiger partial charge in [0.15, 0.2) is 17.3 Å². The SMILES string of the molecule is CCOc1cc(C2C3=C(CC(C)(C)CC3=O)Nc3nc(SCc4ccccc4Cl)nn32)cc(Br)c1OCc1ccc(C(C)(C)C)cc1. The number of allylic oxidation sites excluding steroid dienone is 2. The summed E-state index contributed by atoms with van der Waals surface area (Å²) in [4.78, 5) is 18.7. The number of rotatable bonds is 9. The molecule has 246 valence electrons. The van der Waals surface area contributed by atoms with Crippen LogP contribution in [0.2, 0.25) is 5.02 Å². The van der Waals surface area contributed by atoms with Crippen LogP contribution in [0.25, 0.3) is 0 Å². The highest BCUT2D eigenvalue weighted by Crippen LogP contribution is 2.48. The van der Waals surface area contributed by atoms with Gasteiger partial charge in [0.25, 0.3) is 0 Å². The molecule has 1 aliphatic heterocycles. The molecule has 0 fully saturated rings. The molecule has 4 aromatic rings. The van der Waals surface area contributed by atoms with Gasteiger partial charge in [-0.25, -0.2) is 4.68 Å². The first kappa shape index (κ1) is 33.6. The molecular formula is C37H40BrClN4O3S. The summed E-state index contributed by atoms with van der Waals surface area (Å²) in [6.07, 6.45) is 1.19. The number of halogens is 2. The Morgan fingerprint density at radius 3 is 2.53 bits per heavy atom. The Morgan fingerprint density at radius 2 is 1.83 bits per heavy atom. The van der Waals surface area contributed by atoms with Crippen LogP contribution < -0.4 is 14.8 Å².